The summed E-state index contributed by atoms with van der Waals surface area (Å²) in [4.78, 5) is 25.1. The van der Waals surface area contributed by atoms with Crippen LogP contribution in [0.5, 0.6) is 0 Å². The third-order valence-electron chi connectivity index (χ3n) is 3.65. The summed E-state index contributed by atoms with van der Waals surface area (Å²) in [6.07, 6.45) is -0.293. The molecule has 21 heavy (non-hydrogen) atoms. The summed E-state index contributed by atoms with van der Waals surface area (Å²) in [5.74, 6) is 0. The van der Waals surface area contributed by atoms with Gasteiger partial charge in [-0.1, -0.05) is 0 Å². The van der Waals surface area contributed by atoms with Gasteiger partial charge in [0.05, 0.1) is 6.54 Å². The Kier molecular flexibility index (Phi) is 7.58. The number of halogens is 2. The van der Waals surface area contributed by atoms with Crippen molar-refractivity contribution in [3.8, 4) is 0 Å². The fraction of sp³-hybridized carbons (Fsp3) is 0.636. The van der Waals surface area contributed by atoms with Gasteiger partial charge in [-0.05, 0) is 6.92 Å². The van der Waals surface area contributed by atoms with E-state index >= 15 is 0 Å². The highest BCUT2D eigenvalue weighted by Crippen LogP contribution is 2.07. The van der Waals surface area contributed by atoms with E-state index < -0.39 is 23.5 Å². The molecule has 1 fully saturated rings. The molecular weight excluding hydrogens is 323 g/mol. The lowest BCUT2D eigenvalue weighted by molar-refractivity contribution is -0.721. The van der Waals surface area contributed by atoms with Gasteiger partial charge in [0, 0.05) is 11.8 Å². The van der Waals surface area contributed by atoms with Crippen molar-refractivity contribution in [3.05, 3.63) is 32.6 Å². The molecule has 2 rings (SSSR count). The predicted molar refractivity (Wildman–Crippen MR) is 65.3 cm³/mol. The first-order valence-electron chi connectivity index (χ1n) is 6.24. The van der Waals surface area contributed by atoms with E-state index in [1.807, 2.05) is 5.32 Å². The molecule has 0 spiro atoms. The van der Waals surface area contributed by atoms with E-state index in [-0.39, 0.29) is 43.4 Å². The van der Waals surface area contributed by atoms with Gasteiger partial charge in [-0.3, -0.25) is 14.3 Å². The first-order chi connectivity index (χ1) is 8.93. The zero-order chi connectivity index (χ0) is 14.2. The molecule has 0 bridgehead atoms. The highest BCUT2D eigenvalue weighted by atomic mass is 35.5. The topological polar surface area (TPSA) is 140 Å². The monoisotopic (exact) mass is 342 g/mol. The minimum atomic E-state index is -0.911. The van der Waals surface area contributed by atoms with Crippen LogP contribution in [0.1, 0.15) is 5.56 Å². The smallest absolute Gasteiger partial charge is 0.328 e. The molecule has 0 aliphatic carbocycles. The molecular formula is C11H20Cl2N4O4. The average molecular weight is 343 g/mol. The lowest BCUT2D eigenvalue weighted by Gasteiger charge is -2.13. The van der Waals surface area contributed by atoms with Crippen molar-refractivity contribution in [2.45, 2.75) is 37.8 Å². The van der Waals surface area contributed by atoms with Crippen LogP contribution < -0.4 is 47.1 Å². The molecule has 122 valence electrons. The van der Waals surface area contributed by atoms with Crippen LogP contribution in [-0.2, 0) is 6.54 Å². The van der Waals surface area contributed by atoms with Gasteiger partial charge in [-0.2, -0.15) is 0 Å². The first kappa shape index (κ1) is 20.1. The zero-order valence-electron chi connectivity index (χ0n) is 11.5. The minimum Gasteiger partial charge on any atom is -1.00 e. The van der Waals surface area contributed by atoms with Crippen LogP contribution in [0.25, 0.3) is 0 Å². The number of aliphatic hydroxyl groups is 2. The Morgan fingerprint density at radius 2 is 1.86 bits per heavy atom. The van der Waals surface area contributed by atoms with Gasteiger partial charge in [0.1, 0.15) is 24.8 Å². The maximum atomic E-state index is 11.7. The molecule has 0 amide bonds. The third kappa shape index (κ3) is 4.06. The molecule has 1 aliphatic heterocycles. The quantitative estimate of drug-likeness (QED) is 0.372. The van der Waals surface area contributed by atoms with Crippen LogP contribution in [-0.4, -0.2) is 50.6 Å². The number of nitrogens with zero attached hydrogens (tertiary/aromatic N) is 1. The number of hydrogen-bond donors (Lipinski definition) is 5. The lowest BCUT2D eigenvalue weighted by atomic mass is 10.1. The molecule has 4 atom stereocenters. The molecule has 1 saturated heterocycles. The second-order valence-electron chi connectivity index (χ2n) is 5.01. The van der Waals surface area contributed by atoms with E-state index in [9.17, 15) is 19.8 Å². The van der Waals surface area contributed by atoms with Crippen LogP contribution in [0.2, 0.25) is 0 Å². The van der Waals surface area contributed by atoms with Gasteiger partial charge < -0.3 is 46.1 Å². The van der Waals surface area contributed by atoms with Gasteiger partial charge in [-0.25, -0.2) is 4.79 Å². The molecule has 0 saturated carbocycles. The van der Waals surface area contributed by atoms with Gasteiger partial charge >= 0.3 is 5.69 Å². The summed E-state index contributed by atoms with van der Waals surface area (Å²) >= 11 is 0. The Bertz CT molecular complexity index is 576. The Balaban J connectivity index is 0.00000200. The number of quaternary nitrogens is 2. The Labute approximate surface area is 133 Å². The number of aliphatic hydroxyl groups excluding tert-OH is 2. The number of rotatable bonds is 3. The number of aromatic nitrogens is 2. The van der Waals surface area contributed by atoms with E-state index in [0.717, 1.165) is 0 Å². The number of aromatic amines is 1. The summed E-state index contributed by atoms with van der Waals surface area (Å²) < 4.78 is 1.35. The van der Waals surface area contributed by atoms with Crippen LogP contribution in [0.4, 0.5) is 0 Å². The molecule has 2 heterocycles. The largest absolute Gasteiger partial charge is 1.00 e. The second-order valence-corrected chi connectivity index (χ2v) is 5.01. The highest BCUT2D eigenvalue weighted by molar-refractivity contribution is 5.01. The molecule has 0 unspecified atom stereocenters. The summed E-state index contributed by atoms with van der Waals surface area (Å²) in [5.41, 5.74) is 3.23. The van der Waals surface area contributed by atoms with E-state index in [0.29, 0.717) is 12.1 Å². The van der Waals surface area contributed by atoms with Crippen LogP contribution in [0.3, 0.4) is 0 Å². The summed E-state index contributed by atoms with van der Waals surface area (Å²) in [5, 5.41) is 21.6. The maximum Gasteiger partial charge on any atom is 0.328 e. The van der Waals surface area contributed by atoms with Crippen molar-refractivity contribution in [3.63, 3.8) is 0 Å². The van der Waals surface area contributed by atoms with Crippen molar-refractivity contribution < 1.29 is 46.1 Å². The number of H-pyrrole nitrogens is 1. The van der Waals surface area contributed by atoms with Gasteiger partial charge in [0.25, 0.3) is 5.56 Å². The SMILES string of the molecule is Cc1cn(C[C@@H]2[NH2+][C@@H](C[NH3+])[C@@H](O)[C@@H]2O)c(=O)[nH]c1=O.[Cl-].[Cl-]. The summed E-state index contributed by atoms with van der Waals surface area (Å²) in [6, 6.07) is -0.496. The molecule has 8 N–H and O–H groups in total. The molecule has 8 nitrogen and oxygen atoms in total. The van der Waals surface area contributed by atoms with Gasteiger partial charge in [0.2, 0.25) is 0 Å². The minimum absolute atomic E-state index is 0. The highest BCUT2D eigenvalue weighted by Gasteiger charge is 2.45. The molecule has 0 aromatic carbocycles. The number of hydrogen-bond acceptors (Lipinski definition) is 4. The fourth-order valence-electron chi connectivity index (χ4n) is 2.47. The Morgan fingerprint density at radius 3 is 2.38 bits per heavy atom. The van der Waals surface area contributed by atoms with Gasteiger partial charge in [0.15, 0.2) is 6.04 Å². The average Bonchev–Trinajstić information content (AvgIpc) is 2.63. The number of nitrogens with one attached hydrogen (secondary N) is 1. The molecule has 1 aromatic rings. The van der Waals surface area contributed by atoms with Crippen molar-refractivity contribution in [1.29, 1.82) is 0 Å². The zero-order valence-corrected chi connectivity index (χ0v) is 13.0. The number of aryl methyl sites for hydroxylation is 1. The van der Waals surface area contributed by atoms with E-state index in [2.05, 4.69) is 10.7 Å². The summed E-state index contributed by atoms with van der Waals surface area (Å²) in [6.45, 7) is 2.33. The molecule has 10 heteroatoms. The van der Waals surface area contributed by atoms with Crippen LogP contribution in [0, 0.1) is 6.92 Å². The van der Waals surface area contributed by atoms with Crippen molar-refractivity contribution in [2.75, 3.05) is 6.54 Å². The first-order valence-corrected chi connectivity index (χ1v) is 6.24. The van der Waals surface area contributed by atoms with Gasteiger partial charge in [-0.15, -0.1) is 0 Å². The second kappa shape index (κ2) is 7.92. The van der Waals surface area contributed by atoms with E-state index in [4.69, 9.17) is 0 Å². The van der Waals surface area contributed by atoms with Crippen molar-refractivity contribution in [1.82, 2.24) is 9.55 Å². The van der Waals surface area contributed by atoms with Crippen molar-refractivity contribution >= 4 is 0 Å². The van der Waals surface area contributed by atoms with Crippen molar-refractivity contribution in [2.24, 2.45) is 0 Å². The molecule has 0 radical (unpaired) electrons. The number of nitrogens with two attached hydrogens (primary N) is 1. The maximum absolute atomic E-state index is 11.7. The standard InChI is InChI=1S/C11H18N4O4.2ClH/c1-5-3-15(11(19)14-10(5)18)4-7-9(17)8(16)6(2-12)13-7;;/h3,6-9,13,16-17H,2,4,12H2,1H3,(H,14,18,19);2*1H/t6-,7-,8+,9+;;/m0../s1. The molecule has 1 aliphatic rings. The third-order valence-corrected chi connectivity index (χ3v) is 3.65. The Hall–Kier alpha value is -0.900. The fourth-order valence-corrected chi connectivity index (χ4v) is 2.47. The van der Waals surface area contributed by atoms with Crippen LogP contribution in [0.15, 0.2) is 15.8 Å². The van der Waals surface area contributed by atoms with E-state index in [1.165, 1.54) is 10.8 Å². The Morgan fingerprint density at radius 1 is 1.29 bits per heavy atom. The molecule has 1 aromatic heterocycles. The van der Waals surface area contributed by atoms with Crippen LogP contribution >= 0.6 is 0 Å². The lowest BCUT2D eigenvalue weighted by Crippen LogP contribution is -3.00. The summed E-state index contributed by atoms with van der Waals surface area (Å²) in [7, 11) is 0. The normalized spacial score (nSPS) is 27.8. The predicted octanol–water partition coefficient (Wildman–Crippen LogP) is -10.9. The van der Waals surface area contributed by atoms with E-state index in [1.54, 1.807) is 6.92 Å².